The molecular formula is C16H34N2O2. The lowest BCUT2D eigenvalue weighted by atomic mass is 10.2. The Morgan fingerprint density at radius 1 is 0.750 bits per heavy atom. The van der Waals surface area contributed by atoms with Gasteiger partial charge < -0.3 is 9.47 Å². The van der Waals surface area contributed by atoms with Crippen molar-refractivity contribution in [3.63, 3.8) is 0 Å². The third-order valence-electron chi connectivity index (χ3n) is 3.24. The molecule has 2 unspecified atom stereocenters. The normalized spacial score (nSPS) is 18.7. The van der Waals surface area contributed by atoms with Crippen molar-refractivity contribution in [2.45, 2.75) is 79.7 Å². The molecule has 0 aromatic rings. The molecule has 0 aromatic heterocycles. The molecule has 120 valence electrons. The molecule has 0 rings (SSSR count). The Balaban J connectivity index is 4.72. The summed E-state index contributed by atoms with van der Waals surface area (Å²) in [7, 11) is 0. The SMILES string of the molecule is CCC(C)(N=NC(C)(CC)OCC(C)C)OCC(C)C. The minimum atomic E-state index is -0.554. The van der Waals surface area contributed by atoms with E-state index in [-0.39, 0.29) is 0 Å². The first kappa shape index (κ1) is 19.5. The van der Waals surface area contributed by atoms with Crippen LogP contribution in [-0.2, 0) is 9.47 Å². The van der Waals surface area contributed by atoms with Crippen molar-refractivity contribution in [3.05, 3.63) is 0 Å². The zero-order valence-electron chi connectivity index (χ0n) is 14.7. The van der Waals surface area contributed by atoms with E-state index in [4.69, 9.17) is 9.47 Å². The van der Waals surface area contributed by atoms with Crippen molar-refractivity contribution in [2.24, 2.45) is 22.1 Å². The van der Waals surface area contributed by atoms with Crippen LogP contribution in [0, 0.1) is 11.8 Å². The zero-order chi connectivity index (χ0) is 15.8. The molecule has 0 spiro atoms. The van der Waals surface area contributed by atoms with Crippen molar-refractivity contribution in [2.75, 3.05) is 13.2 Å². The fourth-order valence-corrected chi connectivity index (χ4v) is 1.31. The monoisotopic (exact) mass is 286 g/mol. The van der Waals surface area contributed by atoms with Crippen LogP contribution in [0.15, 0.2) is 10.2 Å². The number of azo groups is 1. The smallest absolute Gasteiger partial charge is 0.175 e. The molecule has 20 heavy (non-hydrogen) atoms. The van der Waals surface area contributed by atoms with Crippen LogP contribution in [0.5, 0.6) is 0 Å². The molecule has 0 aliphatic heterocycles. The highest BCUT2D eigenvalue weighted by Crippen LogP contribution is 2.24. The van der Waals surface area contributed by atoms with Crippen molar-refractivity contribution < 1.29 is 9.47 Å². The van der Waals surface area contributed by atoms with E-state index in [0.717, 1.165) is 12.8 Å². The maximum absolute atomic E-state index is 5.89. The average molecular weight is 286 g/mol. The van der Waals surface area contributed by atoms with Crippen LogP contribution in [0.2, 0.25) is 0 Å². The lowest BCUT2D eigenvalue weighted by molar-refractivity contribution is -0.0722. The zero-order valence-corrected chi connectivity index (χ0v) is 14.7. The largest absolute Gasteiger partial charge is 0.352 e. The second-order valence-electron chi connectivity index (χ2n) is 6.67. The number of hydrogen-bond donors (Lipinski definition) is 0. The first-order valence-electron chi connectivity index (χ1n) is 7.88. The summed E-state index contributed by atoms with van der Waals surface area (Å²) in [6.07, 6.45) is 1.60. The average Bonchev–Trinajstić information content (AvgIpc) is 2.41. The third-order valence-corrected chi connectivity index (χ3v) is 3.24. The summed E-state index contributed by atoms with van der Waals surface area (Å²) in [4.78, 5) is 0. The van der Waals surface area contributed by atoms with Gasteiger partial charge in [-0.3, -0.25) is 0 Å². The number of hydrogen-bond acceptors (Lipinski definition) is 4. The highest BCUT2D eigenvalue weighted by molar-refractivity contribution is 4.74. The first-order valence-corrected chi connectivity index (χ1v) is 7.88. The van der Waals surface area contributed by atoms with E-state index in [1.165, 1.54) is 0 Å². The summed E-state index contributed by atoms with van der Waals surface area (Å²) in [5.74, 6) is 0.983. The lowest BCUT2D eigenvalue weighted by Crippen LogP contribution is -2.31. The van der Waals surface area contributed by atoms with Gasteiger partial charge in [0.1, 0.15) is 0 Å². The van der Waals surface area contributed by atoms with E-state index in [1.807, 2.05) is 13.8 Å². The van der Waals surface area contributed by atoms with Gasteiger partial charge in [-0.05, 0) is 38.5 Å². The minimum absolute atomic E-state index is 0.492. The lowest BCUT2D eigenvalue weighted by Gasteiger charge is -2.28. The van der Waals surface area contributed by atoms with Gasteiger partial charge in [-0.1, -0.05) is 41.5 Å². The van der Waals surface area contributed by atoms with Gasteiger partial charge in [0, 0.05) is 0 Å². The van der Waals surface area contributed by atoms with Crippen LogP contribution in [0.25, 0.3) is 0 Å². The summed E-state index contributed by atoms with van der Waals surface area (Å²) in [6, 6.07) is 0. The van der Waals surface area contributed by atoms with Crippen molar-refractivity contribution in [1.29, 1.82) is 0 Å². The summed E-state index contributed by atoms with van der Waals surface area (Å²) in [6.45, 7) is 18.0. The van der Waals surface area contributed by atoms with E-state index < -0.39 is 11.4 Å². The molecular weight excluding hydrogens is 252 g/mol. The molecule has 0 bridgehead atoms. The Labute approximate surface area is 125 Å². The molecule has 2 atom stereocenters. The Hall–Kier alpha value is -0.480. The molecule has 0 amide bonds. The first-order chi connectivity index (χ1) is 9.16. The number of nitrogens with zero attached hydrogens (tertiary/aromatic N) is 2. The Bertz CT molecular complexity index is 264. The quantitative estimate of drug-likeness (QED) is 0.528. The second-order valence-corrected chi connectivity index (χ2v) is 6.67. The maximum Gasteiger partial charge on any atom is 0.175 e. The van der Waals surface area contributed by atoms with Crippen LogP contribution < -0.4 is 0 Å². The molecule has 0 fully saturated rings. The van der Waals surface area contributed by atoms with E-state index in [0.29, 0.717) is 25.0 Å². The van der Waals surface area contributed by atoms with Gasteiger partial charge in [0.2, 0.25) is 0 Å². The predicted molar refractivity (Wildman–Crippen MR) is 83.8 cm³/mol. The molecule has 4 heteroatoms. The molecule has 0 radical (unpaired) electrons. The third kappa shape index (κ3) is 7.95. The molecule has 0 saturated carbocycles. The van der Waals surface area contributed by atoms with Crippen molar-refractivity contribution >= 4 is 0 Å². The molecule has 0 N–H and O–H groups in total. The Morgan fingerprint density at radius 2 is 1.05 bits per heavy atom. The van der Waals surface area contributed by atoms with Gasteiger partial charge in [0.05, 0.1) is 13.2 Å². The molecule has 0 aliphatic carbocycles. The molecule has 0 aromatic carbocycles. The van der Waals surface area contributed by atoms with Crippen LogP contribution in [0.1, 0.15) is 68.2 Å². The summed E-state index contributed by atoms with van der Waals surface area (Å²) in [5.41, 5.74) is -1.11. The second kappa shape index (κ2) is 8.73. The van der Waals surface area contributed by atoms with Gasteiger partial charge in [-0.2, -0.15) is 10.2 Å². The van der Waals surface area contributed by atoms with Crippen LogP contribution >= 0.6 is 0 Å². The fraction of sp³-hybridized carbons (Fsp3) is 1.00. The Morgan fingerprint density at radius 3 is 1.25 bits per heavy atom. The van der Waals surface area contributed by atoms with Gasteiger partial charge in [0.25, 0.3) is 0 Å². The summed E-state index contributed by atoms with van der Waals surface area (Å²) < 4.78 is 11.8. The summed E-state index contributed by atoms with van der Waals surface area (Å²) in [5, 5.41) is 8.89. The maximum atomic E-state index is 5.89. The van der Waals surface area contributed by atoms with Crippen LogP contribution in [0.4, 0.5) is 0 Å². The van der Waals surface area contributed by atoms with E-state index in [9.17, 15) is 0 Å². The fourth-order valence-electron chi connectivity index (χ4n) is 1.31. The van der Waals surface area contributed by atoms with Gasteiger partial charge in [-0.25, -0.2) is 0 Å². The number of rotatable bonds is 10. The van der Waals surface area contributed by atoms with E-state index >= 15 is 0 Å². The highest BCUT2D eigenvalue weighted by atomic mass is 16.5. The topological polar surface area (TPSA) is 43.2 Å². The molecule has 0 aliphatic rings. The predicted octanol–water partition coefficient (Wildman–Crippen LogP) is 5.04. The van der Waals surface area contributed by atoms with Gasteiger partial charge in [-0.15, -0.1) is 0 Å². The van der Waals surface area contributed by atoms with Crippen LogP contribution in [0.3, 0.4) is 0 Å². The highest BCUT2D eigenvalue weighted by Gasteiger charge is 2.27. The van der Waals surface area contributed by atoms with Crippen molar-refractivity contribution in [3.8, 4) is 0 Å². The van der Waals surface area contributed by atoms with E-state index in [1.54, 1.807) is 0 Å². The summed E-state index contributed by atoms with van der Waals surface area (Å²) >= 11 is 0. The number of ether oxygens (including phenoxy) is 2. The van der Waals surface area contributed by atoms with Crippen molar-refractivity contribution in [1.82, 2.24) is 0 Å². The van der Waals surface area contributed by atoms with Crippen LogP contribution in [-0.4, -0.2) is 24.7 Å². The van der Waals surface area contributed by atoms with Gasteiger partial charge >= 0.3 is 0 Å². The standard InChI is InChI=1S/C16H34N2O2/c1-9-15(7,19-11-13(3)4)17-18-16(8,10-2)20-12-14(5)6/h13-14H,9-12H2,1-8H3. The molecule has 4 nitrogen and oxygen atoms in total. The Kier molecular flexibility index (Phi) is 8.52. The minimum Gasteiger partial charge on any atom is -0.352 e. The van der Waals surface area contributed by atoms with E-state index in [2.05, 4.69) is 51.8 Å². The molecule has 0 saturated heterocycles. The van der Waals surface area contributed by atoms with Gasteiger partial charge in [0.15, 0.2) is 11.4 Å². The molecule has 0 heterocycles.